The number of anilines is 2. The second-order valence-corrected chi connectivity index (χ2v) is 21.2. The minimum absolute atomic E-state index is 0. The van der Waals surface area contributed by atoms with Crippen molar-refractivity contribution in [1.29, 1.82) is 1.34 Å². The van der Waals surface area contributed by atoms with Crippen molar-refractivity contribution in [3.63, 3.8) is 0 Å². The molecule has 1 amide bonds. The Morgan fingerprint density at radius 1 is 0.646 bits per heavy atom. The second-order valence-electron chi connectivity index (χ2n) is 19.4. The van der Waals surface area contributed by atoms with Crippen LogP contribution in [0.1, 0.15) is 180 Å². The van der Waals surface area contributed by atoms with Gasteiger partial charge in [-0.2, -0.15) is 0 Å². The van der Waals surface area contributed by atoms with Crippen molar-refractivity contribution in [2.75, 3.05) is 32.4 Å². The summed E-state index contributed by atoms with van der Waals surface area (Å²) in [4.78, 5) is 81.7. The third kappa shape index (κ3) is 25.4. The summed E-state index contributed by atoms with van der Waals surface area (Å²) in [5.41, 5.74) is 6.23. The number of aliphatic carboxylic acids is 1. The molecule has 450 valence electrons. The van der Waals surface area contributed by atoms with Crippen molar-refractivity contribution in [2.24, 2.45) is 17.8 Å². The number of aromatic nitrogens is 5. The molecule has 3 fully saturated rings. The number of amides is 1. The van der Waals surface area contributed by atoms with Crippen LogP contribution in [0.5, 0.6) is 17.2 Å². The van der Waals surface area contributed by atoms with E-state index in [9.17, 15) is 39.0 Å². The zero-order chi connectivity index (χ0) is 57.7. The van der Waals surface area contributed by atoms with E-state index in [1.807, 2.05) is 24.6 Å². The smallest absolute Gasteiger partial charge is 0.328 e. The molecule has 3 aliphatic rings. The fraction of sp³-hybridized carbons (Fsp3) is 0.586. The summed E-state index contributed by atoms with van der Waals surface area (Å²) in [6.45, 7) is 5.31. The van der Waals surface area contributed by atoms with Crippen LogP contribution in [0.2, 0.25) is 0 Å². The summed E-state index contributed by atoms with van der Waals surface area (Å²) in [5, 5.41) is 26.6. The summed E-state index contributed by atoms with van der Waals surface area (Å²) in [6.07, 6.45) is 22.5. The summed E-state index contributed by atoms with van der Waals surface area (Å²) < 4.78 is 24.9. The molecule has 24 heteroatoms. The first-order valence-electron chi connectivity index (χ1n) is 26.6. The average molecular weight is 1400 g/mol. The third-order valence-corrected chi connectivity index (χ3v) is 15.4. The van der Waals surface area contributed by atoms with Gasteiger partial charge in [0.25, 0.3) is 16.7 Å². The molecule has 3 aliphatic carbocycles. The number of aromatic hydroxyl groups is 1. The molecule has 5 heterocycles. The number of nitrogens with one attached hydrogen (secondary N) is 1. The third-order valence-electron chi connectivity index (χ3n) is 14.1. The SMILES string of the molecule is C.C.C.C.COC(=O)C(CC1CCCCC1)n1c(C)cc(OC)cc1=O.COc1cc(C)n(C(CC2CCCCC2)C(=O)Nc2nccs2)c(=O)c1.Cc1cc(O)cc(=O)n1C(CC1CCCCC1)C(=O)O.Nc1nccs1.[3H][B].[B][B].[U]. The molecule has 82 heavy (non-hydrogen) atoms. The first kappa shape index (κ1) is 79.0. The number of nitrogens with two attached hydrogens (primary N) is 1. The van der Waals surface area contributed by atoms with Gasteiger partial charge < -0.3 is 40.0 Å². The van der Waals surface area contributed by atoms with Crippen LogP contribution in [-0.4, -0.2) is 98.2 Å². The van der Waals surface area contributed by atoms with E-state index in [0.29, 0.717) is 64.5 Å². The van der Waals surface area contributed by atoms with E-state index in [0.717, 1.165) is 68.8 Å². The molecule has 0 aliphatic heterocycles. The molecule has 3 atom stereocenters. The fourth-order valence-corrected chi connectivity index (χ4v) is 11.4. The number of thiazole rings is 2. The van der Waals surface area contributed by atoms with Gasteiger partial charge >= 0.3 is 11.9 Å². The minimum Gasteiger partial charge on any atom is -0.508 e. The maximum atomic E-state index is 13.0. The number of nitrogen functional groups attached to an aromatic ring is 1. The largest absolute Gasteiger partial charge is 0.508 e. The Labute approximate surface area is 525 Å². The molecule has 8 rings (SSSR count). The van der Waals surface area contributed by atoms with Gasteiger partial charge in [-0.25, -0.2) is 19.6 Å². The minimum atomic E-state index is -0.980. The van der Waals surface area contributed by atoms with Gasteiger partial charge in [-0.15, -0.1) is 22.7 Å². The number of carboxylic acids is 1. The van der Waals surface area contributed by atoms with Crippen LogP contribution in [0.25, 0.3) is 0 Å². The number of nitrogens with zero attached hydrogens (tertiary/aromatic N) is 5. The first-order chi connectivity index (χ1) is 37.5. The topological polar surface area (TPSA) is 249 Å². The zero-order valence-corrected chi connectivity index (χ0v) is 51.7. The van der Waals surface area contributed by atoms with Crippen LogP contribution in [0.15, 0.2) is 73.9 Å². The summed E-state index contributed by atoms with van der Waals surface area (Å²) in [5.74, 6) is 0.708. The van der Waals surface area contributed by atoms with E-state index in [1.165, 1.54) is 112 Å². The molecule has 6 radical (unpaired) electrons. The maximum Gasteiger partial charge on any atom is 0.328 e. The van der Waals surface area contributed by atoms with Crippen molar-refractivity contribution in [2.45, 2.75) is 184 Å². The first-order valence-corrected chi connectivity index (χ1v) is 27.7. The second kappa shape index (κ2) is 42.7. The number of esters is 1. The Kier molecular flexibility index (Phi) is 41.2. The van der Waals surface area contributed by atoms with Crippen molar-refractivity contribution < 1.29 is 69.9 Å². The van der Waals surface area contributed by atoms with Crippen molar-refractivity contribution in [3.8, 4) is 17.2 Å². The van der Waals surface area contributed by atoms with Crippen molar-refractivity contribution in [3.05, 3.63) is 108 Å². The molecule has 0 spiro atoms. The molecule has 3 unspecified atom stereocenters. The Balaban J connectivity index is -0.00000104. The quantitative estimate of drug-likeness (QED) is 0.0562. The van der Waals surface area contributed by atoms with Crippen LogP contribution in [0.3, 0.4) is 0 Å². The van der Waals surface area contributed by atoms with Gasteiger partial charge in [0.05, 0.1) is 21.3 Å². The van der Waals surface area contributed by atoms with Gasteiger partial charge in [0, 0.05) is 113 Å². The molecule has 3 saturated carbocycles. The van der Waals surface area contributed by atoms with Crippen LogP contribution < -0.4 is 37.2 Å². The summed E-state index contributed by atoms with van der Waals surface area (Å²) in [6, 6.07) is 7.01. The molecule has 0 saturated heterocycles. The number of carbonyl (C=O) groups is 3. The van der Waals surface area contributed by atoms with Crippen molar-refractivity contribution >= 4 is 74.6 Å². The van der Waals surface area contributed by atoms with Gasteiger partial charge in [0.2, 0.25) is 5.91 Å². The molecular formula is C58H92B3N7O11S2U. The molecule has 5 N–H and O–H groups in total. The summed E-state index contributed by atoms with van der Waals surface area (Å²) >= 11 is 2.82. The summed E-state index contributed by atoms with van der Waals surface area (Å²) in [7, 11) is 16.2. The number of aryl methyl sites for hydroxylation is 3. The standard InChI is InChI=1S/C19H25N3O3S.C17H25NO4.C15H21NO4.C3H4N2S.4CH4.B2.BH.U/c1-13-10-15(25-2)12-17(23)22(13)16(11-14-6-4-3-5-7-14)18(24)21-19-20-8-9-26-19;1-12-9-14(21-2)11-16(19)18(12)15(17(20)22-3)10-13-7-5-4-6-8-13;1-10-7-12(17)9-14(18)16(10)13(15(19)20)8-11-5-3-2-4-6-11;4-3-5-1-2-6-3;;;;;1-2;;/h8-10,12,14,16H,3-7,11H2,1-2H3,(H,20,21,24);9,11,13,15H,4-8,10H2,1-3H3;7,9,11,13,17H,2-6,8H2,1H3,(H,19,20);1-2H,(H2,4,5);4*1H4;;1H;/i;;;;;;;;;1T;. The molecular weight excluding hydrogens is 1310 g/mol. The van der Waals surface area contributed by atoms with E-state index in [2.05, 4.69) is 39.1 Å². The fourth-order valence-electron chi connectivity index (χ4n) is 10.5. The number of ether oxygens (including phenoxy) is 3. The van der Waals surface area contributed by atoms with Gasteiger partial charge in [-0.05, 0) is 77.3 Å². The molecule has 5 aromatic rings. The average Bonchev–Trinajstić information content (AvgIpc) is 4.27. The van der Waals surface area contributed by atoms with Gasteiger partial charge in [-0.3, -0.25) is 28.3 Å². The Bertz CT molecular complexity index is 2760. The van der Waals surface area contributed by atoms with Crippen LogP contribution >= 0.6 is 22.7 Å². The monoisotopic (exact) mass is 1400 g/mol. The van der Waals surface area contributed by atoms with E-state index in [-0.39, 0.29) is 89.6 Å². The normalized spacial score (nSPS) is 14.8. The van der Waals surface area contributed by atoms with E-state index < -0.39 is 29.7 Å². The number of rotatable bonds is 15. The molecule has 5 aromatic heterocycles. The van der Waals surface area contributed by atoms with E-state index in [1.54, 1.807) is 40.6 Å². The van der Waals surface area contributed by atoms with Crippen LogP contribution in [-0.2, 0) is 19.1 Å². The van der Waals surface area contributed by atoms with Gasteiger partial charge in [0.15, 0.2) is 10.3 Å². The predicted molar refractivity (Wildman–Crippen MR) is 334 cm³/mol. The molecule has 18 nitrogen and oxygen atoms in total. The number of pyridine rings is 3. The molecule has 0 bridgehead atoms. The van der Waals surface area contributed by atoms with Crippen molar-refractivity contribution in [1.82, 2.24) is 23.7 Å². The zero-order valence-electron chi connectivity index (χ0n) is 46.9. The van der Waals surface area contributed by atoms with E-state index in [4.69, 9.17) is 21.3 Å². The maximum absolute atomic E-state index is 13.0. The Morgan fingerprint density at radius 2 is 1.02 bits per heavy atom. The van der Waals surface area contributed by atoms with Crippen LogP contribution in [0.4, 0.5) is 10.3 Å². The van der Waals surface area contributed by atoms with E-state index >= 15 is 0 Å². The Hall–Kier alpha value is -5.03. The predicted octanol–water partition coefficient (Wildman–Crippen LogP) is 10.9. The Morgan fingerprint density at radius 3 is 1.37 bits per heavy atom. The number of hydrogen-bond donors (Lipinski definition) is 4. The number of methoxy groups -OCH3 is 3. The van der Waals surface area contributed by atoms with Crippen LogP contribution in [0, 0.1) is 69.6 Å². The van der Waals surface area contributed by atoms with Gasteiger partial charge in [-0.1, -0.05) is 126 Å². The number of carbonyl (C=O) groups excluding carboxylic acids is 2. The number of carboxylic acid groups (broad SMARTS) is 1. The van der Waals surface area contributed by atoms with Gasteiger partial charge in [0.1, 0.15) is 35.4 Å². The molecule has 0 aromatic carbocycles. The number of hydrogen-bond acceptors (Lipinski definition) is 15.